The summed E-state index contributed by atoms with van der Waals surface area (Å²) in [6, 6.07) is 6.39. The zero-order valence-electron chi connectivity index (χ0n) is 10.8. The van der Waals surface area contributed by atoms with Gasteiger partial charge in [0.15, 0.2) is 0 Å². The predicted molar refractivity (Wildman–Crippen MR) is 69.9 cm³/mol. The summed E-state index contributed by atoms with van der Waals surface area (Å²) in [6.45, 7) is 0. The topological polar surface area (TPSA) is 27.7 Å². The molecule has 0 saturated heterocycles. The highest BCUT2D eigenvalue weighted by atomic mass is 16.5. The number of benzene rings is 1. The molecule has 92 valence electrons. The van der Waals surface area contributed by atoms with E-state index in [9.17, 15) is 0 Å². The van der Waals surface area contributed by atoms with Gasteiger partial charge in [0.25, 0.3) is 0 Å². The summed E-state index contributed by atoms with van der Waals surface area (Å²) in [7, 11) is 7.71. The Balaban J connectivity index is 2.42. The highest BCUT2D eigenvalue weighted by Gasteiger charge is 2.25. The Morgan fingerprint density at radius 1 is 1.29 bits per heavy atom. The molecule has 0 saturated carbocycles. The Labute approximate surface area is 102 Å². The van der Waals surface area contributed by atoms with Crippen molar-refractivity contribution in [2.75, 3.05) is 33.6 Å². The van der Waals surface area contributed by atoms with Crippen LogP contribution in [0.25, 0.3) is 0 Å². The maximum absolute atomic E-state index is 5.52. The zero-order chi connectivity index (χ0) is 12.4. The SMILES string of the molecule is CNc1cccc(C2C=CN(C)N2C)c1OC. The van der Waals surface area contributed by atoms with Crippen LogP contribution < -0.4 is 10.1 Å². The van der Waals surface area contributed by atoms with Gasteiger partial charge in [-0.3, -0.25) is 0 Å². The third-order valence-corrected chi connectivity index (χ3v) is 3.22. The maximum Gasteiger partial charge on any atom is 0.147 e. The number of rotatable bonds is 3. The van der Waals surface area contributed by atoms with Crippen molar-refractivity contribution < 1.29 is 4.74 Å². The Morgan fingerprint density at radius 2 is 2.06 bits per heavy atom. The lowest BCUT2D eigenvalue weighted by molar-refractivity contribution is 0.0727. The number of hydrazine groups is 1. The molecule has 0 aromatic heterocycles. The first-order valence-electron chi connectivity index (χ1n) is 5.67. The first-order valence-corrected chi connectivity index (χ1v) is 5.67. The van der Waals surface area contributed by atoms with E-state index in [1.54, 1.807) is 7.11 Å². The highest BCUT2D eigenvalue weighted by Crippen LogP contribution is 2.37. The summed E-state index contributed by atoms with van der Waals surface area (Å²) < 4.78 is 5.52. The Hall–Kier alpha value is -1.68. The van der Waals surface area contributed by atoms with E-state index in [4.69, 9.17) is 4.74 Å². The summed E-state index contributed by atoms with van der Waals surface area (Å²) in [6.07, 6.45) is 4.23. The van der Waals surface area contributed by atoms with Crippen molar-refractivity contribution in [3.63, 3.8) is 0 Å². The summed E-state index contributed by atoms with van der Waals surface area (Å²) >= 11 is 0. The van der Waals surface area contributed by atoms with Gasteiger partial charge in [0, 0.05) is 32.9 Å². The monoisotopic (exact) mass is 233 g/mol. The molecule has 0 bridgehead atoms. The molecule has 0 amide bonds. The van der Waals surface area contributed by atoms with Crippen molar-refractivity contribution in [2.45, 2.75) is 6.04 Å². The van der Waals surface area contributed by atoms with Crippen LogP contribution in [-0.4, -0.2) is 38.3 Å². The molecule has 1 aliphatic heterocycles. The molecule has 0 spiro atoms. The third kappa shape index (κ3) is 1.96. The first kappa shape index (κ1) is 11.8. The van der Waals surface area contributed by atoms with Gasteiger partial charge in [-0.05, 0) is 12.1 Å². The van der Waals surface area contributed by atoms with Crippen molar-refractivity contribution in [1.82, 2.24) is 10.0 Å². The minimum Gasteiger partial charge on any atom is -0.494 e. The van der Waals surface area contributed by atoms with Crippen molar-refractivity contribution in [3.05, 3.63) is 36.0 Å². The fraction of sp³-hybridized carbons (Fsp3) is 0.385. The molecule has 0 radical (unpaired) electrons. The van der Waals surface area contributed by atoms with E-state index in [1.807, 2.05) is 26.2 Å². The number of para-hydroxylation sites is 1. The molecule has 0 aliphatic carbocycles. The Morgan fingerprint density at radius 3 is 2.59 bits per heavy atom. The molecule has 4 heteroatoms. The lowest BCUT2D eigenvalue weighted by Crippen LogP contribution is -2.30. The quantitative estimate of drug-likeness (QED) is 0.865. The summed E-state index contributed by atoms with van der Waals surface area (Å²) in [4.78, 5) is 0. The van der Waals surface area contributed by atoms with Crippen LogP contribution in [0.1, 0.15) is 11.6 Å². The van der Waals surface area contributed by atoms with Gasteiger partial charge in [0.05, 0.1) is 18.8 Å². The maximum atomic E-state index is 5.52. The van der Waals surface area contributed by atoms with Crippen molar-refractivity contribution in [1.29, 1.82) is 0 Å². The highest BCUT2D eigenvalue weighted by molar-refractivity contribution is 5.61. The largest absolute Gasteiger partial charge is 0.494 e. The molecule has 1 atom stereocenters. The molecule has 1 heterocycles. The fourth-order valence-corrected chi connectivity index (χ4v) is 2.15. The summed E-state index contributed by atoms with van der Waals surface area (Å²) in [5.74, 6) is 0.909. The molecule has 1 N–H and O–H groups in total. The summed E-state index contributed by atoms with van der Waals surface area (Å²) in [5.41, 5.74) is 2.18. The number of anilines is 1. The molecule has 2 rings (SSSR count). The van der Waals surface area contributed by atoms with Crippen LogP contribution in [0.2, 0.25) is 0 Å². The van der Waals surface area contributed by atoms with E-state index in [0.29, 0.717) is 0 Å². The van der Waals surface area contributed by atoms with Crippen molar-refractivity contribution >= 4 is 5.69 Å². The van der Waals surface area contributed by atoms with Crippen LogP contribution in [0, 0.1) is 0 Å². The number of hydrogen-bond donors (Lipinski definition) is 1. The number of methoxy groups -OCH3 is 1. The fourth-order valence-electron chi connectivity index (χ4n) is 2.15. The van der Waals surface area contributed by atoms with Gasteiger partial charge in [0.1, 0.15) is 5.75 Å². The lowest BCUT2D eigenvalue weighted by atomic mass is 10.0. The molecular formula is C13H19N3O. The van der Waals surface area contributed by atoms with Crippen LogP contribution >= 0.6 is 0 Å². The Kier molecular flexibility index (Phi) is 3.24. The molecule has 0 fully saturated rings. The van der Waals surface area contributed by atoms with Gasteiger partial charge in [-0.1, -0.05) is 12.1 Å². The number of nitrogens with zero attached hydrogens (tertiary/aromatic N) is 2. The van der Waals surface area contributed by atoms with E-state index in [-0.39, 0.29) is 6.04 Å². The minimum atomic E-state index is 0.225. The molecular weight excluding hydrogens is 214 g/mol. The molecule has 1 unspecified atom stereocenters. The molecule has 1 aromatic carbocycles. The number of nitrogens with one attached hydrogen (secondary N) is 1. The van der Waals surface area contributed by atoms with Gasteiger partial charge in [0.2, 0.25) is 0 Å². The predicted octanol–water partition coefficient (Wildman–Crippen LogP) is 2.08. The van der Waals surface area contributed by atoms with Crippen molar-refractivity contribution in [2.24, 2.45) is 0 Å². The van der Waals surface area contributed by atoms with Crippen LogP contribution in [0.15, 0.2) is 30.5 Å². The molecule has 4 nitrogen and oxygen atoms in total. The molecule has 1 aromatic rings. The standard InChI is InChI=1S/C13H19N3O/c1-14-11-7-5-6-10(13(11)17-4)12-8-9-15(2)16(12)3/h5-9,12,14H,1-4H3. The van der Waals surface area contributed by atoms with E-state index < -0.39 is 0 Å². The van der Waals surface area contributed by atoms with Crippen LogP contribution in [0.5, 0.6) is 5.75 Å². The van der Waals surface area contributed by atoms with E-state index in [1.165, 1.54) is 5.56 Å². The first-order chi connectivity index (χ1) is 8.19. The number of likely N-dealkylation sites (N-methyl/N-ethyl adjacent to an activating group) is 1. The lowest BCUT2D eigenvalue weighted by Gasteiger charge is -2.28. The van der Waals surface area contributed by atoms with Crippen LogP contribution in [0.4, 0.5) is 5.69 Å². The average Bonchev–Trinajstić information content (AvgIpc) is 2.69. The van der Waals surface area contributed by atoms with Gasteiger partial charge < -0.3 is 15.1 Å². The zero-order valence-corrected chi connectivity index (χ0v) is 10.8. The normalized spacial score (nSPS) is 19.8. The van der Waals surface area contributed by atoms with E-state index in [0.717, 1.165) is 11.4 Å². The number of hydrogen-bond acceptors (Lipinski definition) is 4. The van der Waals surface area contributed by atoms with Gasteiger partial charge in [-0.25, -0.2) is 5.01 Å². The second-order valence-corrected chi connectivity index (χ2v) is 4.11. The molecule has 1 aliphatic rings. The van der Waals surface area contributed by atoms with Gasteiger partial charge in [-0.2, -0.15) is 0 Å². The number of ether oxygens (including phenoxy) is 1. The van der Waals surface area contributed by atoms with Gasteiger partial charge in [-0.15, -0.1) is 0 Å². The molecule has 17 heavy (non-hydrogen) atoms. The second-order valence-electron chi connectivity index (χ2n) is 4.11. The average molecular weight is 233 g/mol. The second kappa shape index (κ2) is 4.67. The summed E-state index contributed by atoms with van der Waals surface area (Å²) in [5, 5.41) is 7.38. The van der Waals surface area contributed by atoms with Crippen LogP contribution in [-0.2, 0) is 0 Å². The van der Waals surface area contributed by atoms with E-state index >= 15 is 0 Å². The Bertz CT molecular complexity index is 431. The van der Waals surface area contributed by atoms with Crippen molar-refractivity contribution in [3.8, 4) is 5.75 Å². The van der Waals surface area contributed by atoms with E-state index in [2.05, 4.69) is 40.7 Å². The van der Waals surface area contributed by atoms with Crippen LogP contribution in [0.3, 0.4) is 0 Å². The smallest absolute Gasteiger partial charge is 0.147 e. The minimum absolute atomic E-state index is 0.225. The van der Waals surface area contributed by atoms with Gasteiger partial charge >= 0.3 is 0 Å². The third-order valence-electron chi connectivity index (χ3n) is 3.22.